The van der Waals surface area contributed by atoms with Crippen LogP contribution in [0, 0.1) is 39.0 Å². The molecule has 1 amide bonds. The third-order valence-corrected chi connectivity index (χ3v) is 3.64. The van der Waals surface area contributed by atoms with Gasteiger partial charge < -0.3 is 4.90 Å². The first-order valence-electron chi connectivity index (χ1n) is 6.83. The summed E-state index contributed by atoms with van der Waals surface area (Å²) in [5, 5.41) is 0. The molecule has 100 valence electrons. The summed E-state index contributed by atoms with van der Waals surface area (Å²) in [6.45, 7) is 7.26. The van der Waals surface area contributed by atoms with E-state index in [0.29, 0.717) is 12.5 Å². The molecule has 0 aliphatic heterocycles. The van der Waals surface area contributed by atoms with E-state index >= 15 is 0 Å². The third kappa shape index (κ3) is 3.17. The van der Waals surface area contributed by atoms with Crippen LogP contribution in [-0.4, -0.2) is 23.9 Å². The summed E-state index contributed by atoms with van der Waals surface area (Å²) in [7, 11) is 0. The average molecular weight is 255 g/mol. The molecule has 2 nitrogen and oxygen atoms in total. The second-order valence-corrected chi connectivity index (χ2v) is 5.61. The molecule has 1 aliphatic rings. The van der Waals surface area contributed by atoms with E-state index in [9.17, 15) is 4.79 Å². The van der Waals surface area contributed by atoms with Crippen LogP contribution in [0.15, 0.2) is 12.1 Å². The summed E-state index contributed by atoms with van der Waals surface area (Å²) < 4.78 is 0. The molecule has 0 radical (unpaired) electrons. The van der Waals surface area contributed by atoms with Crippen molar-refractivity contribution in [3.63, 3.8) is 0 Å². The number of rotatable bonds is 4. The molecule has 0 saturated heterocycles. The fourth-order valence-electron chi connectivity index (χ4n) is 2.62. The van der Waals surface area contributed by atoms with Gasteiger partial charge in [0.25, 0.3) is 5.91 Å². The molecule has 2 rings (SSSR count). The van der Waals surface area contributed by atoms with Gasteiger partial charge in [-0.2, -0.15) is 0 Å². The van der Waals surface area contributed by atoms with Gasteiger partial charge in [0.2, 0.25) is 0 Å². The topological polar surface area (TPSA) is 20.3 Å². The summed E-state index contributed by atoms with van der Waals surface area (Å²) in [4.78, 5) is 14.5. The van der Waals surface area contributed by atoms with Crippen LogP contribution in [0.4, 0.5) is 0 Å². The second kappa shape index (κ2) is 5.48. The molecule has 0 unspecified atom stereocenters. The Hall–Kier alpha value is -1.75. The lowest BCUT2D eigenvalue weighted by Gasteiger charge is -2.22. The van der Waals surface area contributed by atoms with Gasteiger partial charge in [-0.15, -0.1) is 6.42 Å². The Labute approximate surface area is 115 Å². The van der Waals surface area contributed by atoms with Crippen molar-refractivity contribution in [2.45, 2.75) is 33.6 Å². The minimum absolute atomic E-state index is 0.0832. The Kier molecular flexibility index (Phi) is 3.95. The van der Waals surface area contributed by atoms with Gasteiger partial charge in [0.1, 0.15) is 0 Å². The molecule has 0 atom stereocenters. The van der Waals surface area contributed by atoms with Crippen molar-refractivity contribution in [2.75, 3.05) is 13.1 Å². The van der Waals surface area contributed by atoms with E-state index in [1.54, 1.807) is 0 Å². The van der Waals surface area contributed by atoms with E-state index in [1.165, 1.54) is 18.4 Å². The molecular formula is C17H21NO. The lowest BCUT2D eigenvalue weighted by Crippen LogP contribution is -2.34. The maximum absolute atomic E-state index is 12.7. The molecule has 19 heavy (non-hydrogen) atoms. The first-order valence-corrected chi connectivity index (χ1v) is 6.83. The van der Waals surface area contributed by atoms with Crippen molar-refractivity contribution < 1.29 is 4.79 Å². The fourth-order valence-corrected chi connectivity index (χ4v) is 2.62. The Morgan fingerprint density at radius 1 is 1.32 bits per heavy atom. The summed E-state index contributed by atoms with van der Waals surface area (Å²) >= 11 is 0. The molecule has 0 N–H and O–H groups in total. The van der Waals surface area contributed by atoms with Gasteiger partial charge in [-0.25, -0.2) is 0 Å². The quantitative estimate of drug-likeness (QED) is 0.757. The molecule has 0 heterocycles. The first-order chi connectivity index (χ1) is 9.02. The summed E-state index contributed by atoms with van der Waals surface area (Å²) in [6.07, 6.45) is 7.84. The molecule has 0 spiro atoms. The number of terminal acetylenes is 1. The van der Waals surface area contributed by atoms with Crippen molar-refractivity contribution in [3.05, 3.63) is 34.4 Å². The highest BCUT2D eigenvalue weighted by Gasteiger charge is 2.28. The highest BCUT2D eigenvalue weighted by atomic mass is 16.2. The predicted octanol–water partition coefficient (Wildman–Crippen LogP) is 3.10. The van der Waals surface area contributed by atoms with E-state index in [0.717, 1.165) is 23.2 Å². The van der Waals surface area contributed by atoms with Crippen LogP contribution >= 0.6 is 0 Å². The highest BCUT2D eigenvalue weighted by molar-refractivity contribution is 5.97. The number of carbonyl (C=O) groups is 1. The monoisotopic (exact) mass is 255 g/mol. The smallest absolute Gasteiger partial charge is 0.255 e. The van der Waals surface area contributed by atoms with Crippen LogP contribution in [0.2, 0.25) is 0 Å². The normalized spacial score (nSPS) is 14.0. The van der Waals surface area contributed by atoms with Crippen LogP contribution in [0.3, 0.4) is 0 Å². The molecule has 0 aromatic heterocycles. The van der Waals surface area contributed by atoms with Crippen LogP contribution in [-0.2, 0) is 0 Å². The minimum atomic E-state index is 0.0832. The molecule has 1 aromatic carbocycles. The zero-order valence-electron chi connectivity index (χ0n) is 12.0. The van der Waals surface area contributed by atoms with E-state index < -0.39 is 0 Å². The Morgan fingerprint density at radius 3 is 2.37 bits per heavy atom. The van der Waals surface area contributed by atoms with Crippen LogP contribution in [0.25, 0.3) is 0 Å². The Balaban J connectivity index is 2.28. The lowest BCUT2D eigenvalue weighted by atomic mass is 9.98. The second-order valence-electron chi connectivity index (χ2n) is 5.61. The molecular weight excluding hydrogens is 234 g/mol. The Bertz CT molecular complexity index is 512. The third-order valence-electron chi connectivity index (χ3n) is 3.64. The zero-order valence-corrected chi connectivity index (χ0v) is 12.0. The molecule has 1 saturated carbocycles. The van der Waals surface area contributed by atoms with Crippen molar-refractivity contribution in [2.24, 2.45) is 5.92 Å². The number of benzene rings is 1. The summed E-state index contributed by atoms with van der Waals surface area (Å²) in [6, 6.07) is 4.12. The van der Waals surface area contributed by atoms with E-state index in [1.807, 2.05) is 18.7 Å². The number of amides is 1. The van der Waals surface area contributed by atoms with E-state index in [4.69, 9.17) is 6.42 Å². The number of nitrogens with zero attached hydrogens (tertiary/aromatic N) is 1. The van der Waals surface area contributed by atoms with Gasteiger partial charge in [0.15, 0.2) is 0 Å². The van der Waals surface area contributed by atoms with Crippen LogP contribution in [0.1, 0.15) is 39.9 Å². The summed E-state index contributed by atoms with van der Waals surface area (Å²) in [5.41, 5.74) is 4.10. The average Bonchev–Trinajstić information content (AvgIpc) is 3.10. The molecule has 2 heteroatoms. The van der Waals surface area contributed by atoms with E-state index in [-0.39, 0.29) is 5.91 Å². The summed E-state index contributed by atoms with van der Waals surface area (Å²) in [5.74, 6) is 3.35. The molecule has 1 aromatic rings. The highest BCUT2D eigenvalue weighted by Crippen LogP contribution is 2.30. The number of aryl methyl sites for hydroxylation is 3. The van der Waals surface area contributed by atoms with E-state index in [2.05, 4.69) is 25.0 Å². The minimum Gasteiger partial charge on any atom is -0.327 e. The van der Waals surface area contributed by atoms with Crippen molar-refractivity contribution in [3.8, 4) is 12.3 Å². The van der Waals surface area contributed by atoms with Gasteiger partial charge >= 0.3 is 0 Å². The van der Waals surface area contributed by atoms with Crippen molar-refractivity contribution in [1.82, 2.24) is 4.90 Å². The van der Waals surface area contributed by atoms with Crippen LogP contribution < -0.4 is 0 Å². The van der Waals surface area contributed by atoms with Gasteiger partial charge in [-0.1, -0.05) is 23.6 Å². The number of hydrogen-bond donors (Lipinski definition) is 0. The standard InChI is InChI=1S/C17H21NO/c1-5-8-18(11-15-6-7-15)17(19)16-13(3)9-12(2)10-14(16)4/h1,9-10,15H,6-8,11H2,2-4H3. The maximum Gasteiger partial charge on any atom is 0.255 e. The van der Waals surface area contributed by atoms with Gasteiger partial charge in [0, 0.05) is 12.1 Å². The fraction of sp³-hybridized carbons (Fsp3) is 0.471. The molecule has 1 aliphatic carbocycles. The maximum atomic E-state index is 12.7. The predicted molar refractivity (Wildman–Crippen MR) is 78.1 cm³/mol. The van der Waals surface area contributed by atoms with Crippen molar-refractivity contribution in [1.29, 1.82) is 0 Å². The van der Waals surface area contributed by atoms with Crippen molar-refractivity contribution >= 4 is 5.91 Å². The van der Waals surface area contributed by atoms with Gasteiger partial charge in [0.05, 0.1) is 6.54 Å². The van der Waals surface area contributed by atoms with Gasteiger partial charge in [-0.05, 0) is 50.7 Å². The van der Waals surface area contributed by atoms with Gasteiger partial charge in [-0.3, -0.25) is 4.79 Å². The van der Waals surface area contributed by atoms with Crippen LogP contribution in [0.5, 0.6) is 0 Å². The Morgan fingerprint density at radius 2 is 1.89 bits per heavy atom. The number of carbonyl (C=O) groups excluding carboxylic acids is 1. The molecule has 0 bridgehead atoms. The largest absolute Gasteiger partial charge is 0.327 e. The first kappa shape index (κ1) is 13.7. The molecule has 1 fully saturated rings. The number of hydrogen-bond acceptors (Lipinski definition) is 1. The zero-order chi connectivity index (χ0) is 14.0. The SMILES string of the molecule is C#CCN(CC1CC1)C(=O)c1c(C)cc(C)cc1C. The lowest BCUT2D eigenvalue weighted by molar-refractivity contribution is 0.0768.